The second-order valence-corrected chi connectivity index (χ2v) is 2.20. The Morgan fingerprint density at radius 3 is 2.73 bits per heavy atom. The molecule has 0 bridgehead atoms. The molecule has 0 spiro atoms. The molecule has 0 aromatic rings. The fraction of sp³-hybridized carbons (Fsp3) is 0.833. The van der Waals surface area contributed by atoms with Gasteiger partial charge in [0.25, 0.3) is 0 Å². The van der Waals surface area contributed by atoms with E-state index in [4.69, 9.17) is 15.7 Å². The van der Waals surface area contributed by atoms with E-state index < -0.39 is 6.09 Å². The zero-order valence-electron chi connectivity index (χ0n) is 6.78. The first-order chi connectivity index (χ1) is 5.09. The van der Waals surface area contributed by atoms with Crippen LogP contribution in [0.15, 0.2) is 0 Å². The molecule has 5 heteroatoms. The van der Waals surface area contributed by atoms with Crippen LogP contribution in [0.3, 0.4) is 0 Å². The van der Waals surface area contributed by atoms with Gasteiger partial charge in [-0.05, 0) is 13.8 Å². The zero-order chi connectivity index (χ0) is 8.85. The van der Waals surface area contributed by atoms with Crippen LogP contribution in [0.1, 0.15) is 13.8 Å². The average Bonchev–Trinajstić information content (AvgIpc) is 1.98. The molecule has 0 aliphatic carbocycles. The van der Waals surface area contributed by atoms with E-state index in [1.807, 2.05) is 6.92 Å². The molecule has 1 amide bonds. The summed E-state index contributed by atoms with van der Waals surface area (Å²) in [5.41, 5.74) is 0. The summed E-state index contributed by atoms with van der Waals surface area (Å²) in [6.45, 7) is 4.43. The van der Waals surface area contributed by atoms with E-state index in [1.165, 1.54) is 0 Å². The SMILES string of the molecule is CCOCC(C)N(N)C(=O)O. The van der Waals surface area contributed by atoms with E-state index in [-0.39, 0.29) is 6.04 Å². The molecule has 11 heavy (non-hydrogen) atoms. The van der Waals surface area contributed by atoms with Crippen LogP contribution in [0, 0.1) is 0 Å². The van der Waals surface area contributed by atoms with Gasteiger partial charge < -0.3 is 9.84 Å². The Morgan fingerprint density at radius 1 is 1.82 bits per heavy atom. The molecule has 0 fully saturated rings. The van der Waals surface area contributed by atoms with Gasteiger partial charge in [0.1, 0.15) is 0 Å². The van der Waals surface area contributed by atoms with E-state index in [1.54, 1.807) is 6.92 Å². The molecule has 0 radical (unpaired) electrons. The van der Waals surface area contributed by atoms with Gasteiger partial charge >= 0.3 is 6.09 Å². The van der Waals surface area contributed by atoms with Crippen LogP contribution in [0.4, 0.5) is 4.79 Å². The van der Waals surface area contributed by atoms with Crippen LogP contribution in [-0.4, -0.2) is 35.5 Å². The van der Waals surface area contributed by atoms with E-state index in [0.717, 1.165) is 5.01 Å². The first kappa shape index (κ1) is 10.2. The molecular formula is C6H14N2O3. The van der Waals surface area contributed by atoms with Crippen molar-refractivity contribution in [2.24, 2.45) is 5.84 Å². The van der Waals surface area contributed by atoms with Gasteiger partial charge in [-0.1, -0.05) is 0 Å². The molecule has 1 unspecified atom stereocenters. The summed E-state index contributed by atoms with van der Waals surface area (Å²) in [5.74, 6) is 5.15. The summed E-state index contributed by atoms with van der Waals surface area (Å²) in [5, 5.41) is 9.13. The quantitative estimate of drug-likeness (QED) is 0.353. The lowest BCUT2D eigenvalue weighted by molar-refractivity contribution is 0.0685. The molecule has 0 aromatic heterocycles. The number of hydrazine groups is 1. The number of rotatable bonds is 4. The second-order valence-electron chi connectivity index (χ2n) is 2.20. The molecule has 0 saturated heterocycles. The van der Waals surface area contributed by atoms with Gasteiger partial charge in [0.2, 0.25) is 0 Å². The molecule has 0 rings (SSSR count). The molecule has 0 aliphatic rings. The Balaban J connectivity index is 3.63. The third kappa shape index (κ3) is 3.79. The zero-order valence-corrected chi connectivity index (χ0v) is 6.78. The summed E-state index contributed by atoms with van der Waals surface area (Å²) in [6.07, 6.45) is -1.14. The van der Waals surface area contributed by atoms with Crippen LogP contribution in [0.2, 0.25) is 0 Å². The van der Waals surface area contributed by atoms with E-state index in [2.05, 4.69) is 0 Å². The van der Waals surface area contributed by atoms with Crippen LogP contribution in [-0.2, 0) is 4.74 Å². The van der Waals surface area contributed by atoms with E-state index in [9.17, 15) is 4.79 Å². The van der Waals surface area contributed by atoms with Crippen molar-refractivity contribution in [3.63, 3.8) is 0 Å². The normalized spacial score (nSPS) is 12.6. The topological polar surface area (TPSA) is 75.8 Å². The largest absolute Gasteiger partial charge is 0.464 e. The van der Waals surface area contributed by atoms with Crippen molar-refractivity contribution >= 4 is 6.09 Å². The van der Waals surface area contributed by atoms with Gasteiger partial charge in [0.05, 0.1) is 12.6 Å². The van der Waals surface area contributed by atoms with Crippen molar-refractivity contribution in [3.05, 3.63) is 0 Å². The smallest absolute Gasteiger partial charge is 0.421 e. The fourth-order valence-electron chi connectivity index (χ4n) is 0.557. The maximum Gasteiger partial charge on any atom is 0.421 e. The van der Waals surface area contributed by atoms with Crippen LogP contribution < -0.4 is 5.84 Å². The first-order valence-corrected chi connectivity index (χ1v) is 3.44. The minimum atomic E-state index is -1.14. The Hall–Kier alpha value is -0.810. The Morgan fingerprint density at radius 2 is 2.36 bits per heavy atom. The van der Waals surface area contributed by atoms with E-state index in [0.29, 0.717) is 13.2 Å². The Kier molecular flexibility index (Phi) is 4.56. The van der Waals surface area contributed by atoms with Crippen molar-refractivity contribution in [1.82, 2.24) is 5.01 Å². The molecule has 0 aliphatic heterocycles. The first-order valence-electron chi connectivity index (χ1n) is 3.44. The number of carbonyl (C=O) groups is 1. The van der Waals surface area contributed by atoms with Gasteiger partial charge in [-0.3, -0.25) is 0 Å². The Bertz CT molecular complexity index is 129. The lowest BCUT2D eigenvalue weighted by Crippen LogP contribution is -2.45. The molecular weight excluding hydrogens is 148 g/mol. The number of nitrogens with zero attached hydrogens (tertiary/aromatic N) is 1. The van der Waals surface area contributed by atoms with Gasteiger partial charge in [-0.25, -0.2) is 15.6 Å². The summed E-state index contributed by atoms with van der Waals surface area (Å²) in [7, 11) is 0. The predicted molar refractivity (Wildman–Crippen MR) is 40.0 cm³/mol. The molecule has 0 aromatic carbocycles. The van der Waals surface area contributed by atoms with Gasteiger partial charge in [0, 0.05) is 6.61 Å². The van der Waals surface area contributed by atoms with Crippen molar-refractivity contribution < 1.29 is 14.6 Å². The lowest BCUT2D eigenvalue weighted by atomic mass is 10.3. The van der Waals surface area contributed by atoms with Crippen molar-refractivity contribution in [2.75, 3.05) is 13.2 Å². The van der Waals surface area contributed by atoms with Crippen molar-refractivity contribution in [3.8, 4) is 0 Å². The highest BCUT2D eigenvalue weighted by molar-refractivity contribution is 5.64. The standard InChI is InChI=1S/C6H14N2O3/c1-3-11-4-5(2)8(7)6(9)10/h5H,3-4,7H2,1-2H3,(H,9,10). The highest BCUT2D eigenvalue weighted by atomic mass is 16.5. The van der Waals surface area contributed by atoms with Crippen molar-refractivity contribution in [2.45, 2.75) is 19.9 Å². The maximum absolute atomic E-state index is 10.2. The molecule has 3 N–H and O–H groups in total. The molecule has 5 nitrogen and oxygen atoms in total. The third-order valence-electron chi connectivity index (χ3n) is 1.26. The van der Waals surface area contributed by atoms with Gasteiger partial charge in [-0.15, -0.1) is 0 Å². The second kappa shape index (κ2) is 4.92. The number of amides is 1. The van der Waals surface area contributed by atoms with Crippen LogP contribution in [0.5, 0.6) is 0 Å². The minimum Gasteiger partial charge on any atom is -0.464 e. The minimum absolute atomic E-state index is 0.299. The molecule has 66 valence electrons. The van der Waals surface area contributed by atoms with Crippen molar-refractivity contribution in [1.29, 1.82) is 0 Å². The van der Waals surface area contributed by atoms with Crippen LogP contribution >= 0.6 is 0 Å². The molecule has 0 heterocycles. The maximum atomic E-state index is 10.2. The lowest BCUT2D eigenvalue weighted by Gasteiger charge is -2.20. The molecule has 0 saturated carbocycles. The van der Waals surface area contributed by atoms with Crippen LogP contribution in [0.25, 0.3) is 0 Å². The predicted octanol–water partition coefficient (Wildman–Crippen LogP) is 0.265. The number of nitrogens with two attached hydrogens (primary N) is 1. The number of carboxylic acid groups (broad SMARTS) is 1. The third-order valence-corrected chi connectivity index (χ3v) is 1.26. The highest BCUT2D eigenvalue weighted by Gasteiger charge is 2.14. The fourth-order valence-corrected chi connectivity index (χ4v) is 0.557. The summed E-state index contributed by atoms with van der Waals surface area (Å²) < 4.78 is 4.98. The monoisotopic (exact) mass is 162 g/mol. The summed E-state index contributed by atoms with van der Waals surface area (Å²) in [4.78, 5) is 10.2. The summed E-state index contributed by atoms with van der Waals surface area (Å²) in [6, 6.07) is -0.299. The number of ether oxygens (including phenoxy) is 1. The Labute approximate surface area is 65.7 Å². The van der Waals surface area contributed by atoms with E-state index >= 15 is 0 Å². The van der Waals surface area contributed by atoms with Gasteiger partial charge in [0.15, 0.2) is 0 Å². The summed E-state index contributed by atoms with van der Waals surface area (Å²) >= 11 is 0. The van der Waals surface area contributed by atoms with Gasteiger partial charge in [-0.2, -0.15) is 0 Å². The average molecular weight is 162 g/mol. The molecule has 1 atom stereocenters. The number of hydrogen-bond donors (Lipinski definition) is 2. The highest BCUT2D eigenvalue weighted by Crippen LogP contribution is 1.93. The number of hydrogen-bond acceptors (Lipinski definition) is 3.